The van der Waals surface area contributed by atoms with Crippen LogP contribution in [-0.4, -0.2) is 84.4 Å². The van der Waals surface area contributed by atoms with E-state index < -0.39 is 26.0 Å². The summed E-state index contributed by atoms with van der Waals surface area (Å²) >= 11 is 0. The van der Waals surface area contributed by atoms with E-state index in [0.717, 1.165) is 9.87 Å². The molecule has 0 radical (unpaired) electrons. The van der Waals surface area contributed by atoms with Crippen molar-refractivity contribution in [3.8, 4) is 5.75 Å². The van der Waals surface area contributed by atoms with Crippen LogP contribution in [0.2, 0.25) is 0 Å². The number of nitrogens with one attached hydrogen (secondary N) is 1. The molecular weight excluding hydrogens is 482 g/mol. The molecule has 0 spiro atoms. The van der Waals surface area contributed by atoms with E-state index in [-0.39, 0.29) is 29.5 Å². The summed E-state index contributed by atoms with van der Waals surface area (Å²) in [7, 11) is -6.00. The van der Waals surface area contributed by atoms with Gasteiger partial charge in [-0.15, -0.1) is 0 Å². The Morgan fingerprint density at radius 1 is 1.00 bits per heavy atom. The van der Waals surface area contributed by atoms with Crippen molar-refractivity contribution in [3.05, 3.63) is 54.1 Å². The van der Waals surface area contributed by atoms with E-state index >= 15 is 0 Å². The van der Waals surface area contributed by atoms with Crippen LogP contribution in [0.5, 0.6) is 5.75 Å². The maximum atomic E-state index is 12.6. The molecular formula is C22H29N3O7S2. The second kappa shape index (κ2) is 11.3. The maximum absolute atomic E-state index is 12.6. The Morgan fingerprint density at radius 2 is 1.59 bits per heavy atom. The van der Waals surface area contributed by atoms with E-state index in [4.69, 9.17) is 9.47 Å². The molecule has 12 heteroatoms. The number of nitrogens with zero attached hydrogens (tertiary/aromatic N) is 2. The maximum Gasteiger partial charge on any atom is 0.243 e. The number of hydrogen-bond donors (Lipinski definition) is 1. The van der Waals surface area contributed by atoms with Gasteiger partial charge >= 0.3 is 0 Å². The molecule has 0 saturated carbocycles. The molecule has 1 amide bonds. The quantitative estimate of drug-likeness (QED) is 0.469. The Balaban J connectivity index is 1.44. The summed E-state index contributed by atoms with van der Waals surface area (Å²) in [6.07, 6.45) is 0. The van der Waals surface area contributed by atoms with Gasteiger partial charge in [0.25, 0.3) is 0 Å². The van der Waals surface area contributed by atoms with Gasteiger partial charge in [-0.1, -0.05) is 17.7 Å². The number of amides is 1. The highest BCUT2D eigenvalue weighted by Gasteiger charge is 2.26. The summed E-state index contributed by atoms with van der Waals surface area (Å²) < 4.78 is 63.5. The van der Waals surface area contributed by atoms with Gasteiger partial charge in [-0.05, 0) is 43.3 Å². The Bertz CT molecular complexity index is 1180. The number of hydrogen-bond acceptors (Lipinski definition) is 7. The molecule has 0 bridgehead atoms. The van der Waals surface area contributed by atoms with E-state index in [0.29, 0.717) is 32.1 Å². The number of likely N-dealkylation sites (N-methyl/N-ethyl adjacent to an activating group) is 1. The largest absolute Gasteiger partial charge is 0.492 e. The average Bonchev–Trinajstić information content (AvgIpc) is 2.83. The van der Waals surface area contributed by atoms with Gasteiger partial charge in [0.2, 0.25) is 26.0 Å². The number of sulfonamides is 2. The first-order valence-corrected chi connectivity index (χ1v) is 13.6. The highest BCUT2D eigenvalue weighted by Crippen LogP contribution is 2.20. The van der Waals surface area contributed by atoms with Crippen LogP contribution in [-0.2, 0) is 29.6 Å². The zero-order valence-electron chi connectivity index (χ0n) is 19.1. The fourth-order valence-corrected chi connectivity index (χ4v) is 5.77. The van der Waals surface area contributed by atoms with Gasteiger partial charge in [-0.25, -0.2) is 16.8 Å². The third kappa shape index (κ3) is 6.54. The van der Waals surface area contributed by atoms with Crippen LogP contribution in [0.25, 0.3) is 0 Å². The molecule has 34 heavy (non-hydrogen) atoms. The summed E-state index contributed by atoms with van der Waals surface area (Å²) in [5, 5.41) is 2.61. The van der Waals surface area contributed by atoms with Gasteiger partial charge in [-0.3, -0.25) is 4.79 Å². The number of benzene rings is 2. The third-order valence-electron chi connectivity index (χ3n) is 5.22. The smallest absolute Gasteiger partial charge is 0.243 e. The highest BCUT2D eigenvalue weighted by atomic mass is 32.2. The Morgan fingerprint density at radius 3 is 2.21 bits per heavy atom. The number of carbonyl (C=O) groups excluding carboxylic acids is 1. The van der Waals surface area contributed by atoms with Crippen LogP contribution in [0, 0.1) is 6.92 Å². The minimum atomic E-state index is -3.77. The Hall–Kier alpha value is -2.51. The molecule has 0 atom stereocenters. The molecule has 0 unspecified atom stereocenters. The number of carbonyl (C=O) groups is 1. The molecule has 1 aliphatic heterocycles. The Labute approximate surface area is 200 Å². The molecule has 2 aromatic carbocycles. The monoisotopic (exact) mass is 511 g/mol. The first kappa shape index (κ1) is 26.1. The summed E-state index contributed by atoms with van der Waals surface area (Å²) in [5.74, 6) is -0.0111. The zero-order valence-corrected chi connectivity index (χ0v) is 20.8. The second-order valence-corrected chi connectivity index (χ2v) is 11.7. The van der Waals surface area contributed by atoms with Gasteiger partial charge in [0, 0.05) is 20.1 Å². The van der Waals surface area contributed by atoms with E-state index in [1.165, 1.54) is 35.6 Å². The van der Waals surface area contributed by atoms with Crippen LogP contribution in [0.3, 0.4) is 0 Å². The van der Waals surface area contributed by atoms with Gasteiger partial charge in [-0.2, -0.15) is 8.61 Å². The fourth-order valence-electron chi connectivity index (χ4n) is 3.24. The van der Waals surface area contributed by atoms with Crippen molar-refractivity contribution < 1.29 is 31.1 Å². The van der Waals surface area contributed by atoms with Gasteiger partial charge in [0.1, 0.15) is 12.4 Å². The van der Waals surface area contributed by atoms with E-state index in [9.17, 15) is 21.6 Å². The fraction of sp³-hybridized carbons (Fsp3) is 0.409. The van der Waals surface area contributed by atoms with Crippen LogP contribution >= 0.6 is 0 Å². The van der Waals surface area contributed by atoms with Crippen molar-refractivity contribution in [1.29, 1.82) is 0 Å². The van der Waals surface area contributed by atoms with Crippen molar-refractivity contribution in [2.24, 2.45) is 0 Å². The topological polar surface area (TPSA) is 122 Å². The predicted molar refractivity (Wildman–Crippen MR) is 126 cm³/mol. The van der Waals surface area contributed by atoms with Crippen molar-refractivity contribution in [2.75, 3.05) is 53.0 Å². The number of ether oxygens (including phenoxy) is 2. The number of aryl methyl sites for hydroxylation is 1. The zero-order chi connectivity index (χ0) is 24.8. The summed E-state index contributed by atoms with van der Waals surface area (Å²) in [4.78, 5) is 12.4. The molecule has 10 nitrogen and oxygen atoms in total. The third-order valence-corrected chi connectivity index (χ3v) is 8.95. The lowest BCUT2D eigenvalue weighted by atomic mass is 10.2. The SMILES string of the molecule is Cc1ccc(S(=O)(=O)N(C)CC(=O)NCCOc2ccc(S(=O)(=O)N3CCOCC3)cc2)cc1. The van der Waals surface area contributed by atoms with E-state index in [1.54, 1.807) is 24.3 Å². The molecule has 1 aliphatic rings. The second-order valence-electron chi connectivity index (χ2n) is 7.76. The van der Waals surface area contributed by atoms with Crippen molar-refractivity contribution in [3.63, 3.8) is 0 Å². The standard InChI is InChI=1S/C22H29N3O7S2/c1-18-3-7-20(8-4-18)33(27,28)24(2)17-22(26)23-11-14-32-19-5-9-21(10-6-19)34(29,30)25-12-15-31-16-13-25/h3-10H,11-17H2,1-2H3,(H,23,26). The highest BCUT2D eigenvalue weighted by molar-refractivity contribution is 7.89. The van der Waals surface area contributed by atoms with Crippen LogP contribution in [0.1, 0.15) is 5.56 Å². The van der Waals surface area contributed by atoms with Gasteiger partial charge in [0.15, 0.2) is 0 Å². The lowest BCUT2D eigenvalue weighted by Crippen LogP contribution is -2.40. The van der Waals surface area contributed by atoms with Crippen molar-refractivity contribution in [1.82, 2.24) is 13.9 Å². The van der Waals surface area contributed by atoms with E-state index in [1.807, 2.05) is 6.92 Å². The lowest BCUT2D eigenvalue weighted by molar-refractivity contribution is -0.121. The van der Waals surface area contributed by atoms with Crippen LogP contribution < -0.4 is 10.1 Å². The molecule has 0 aromatic heterocycles. The minimum absolute atomic E-state index is 0.121. The molecule has 0 aliphatic carbocycles. The molecule has 1 N–H and O–H groups in total. The number of morpholine rings is 1. The van der Waals surface area contributed by atoms with Crippen molar-refractivity contribution in [2.45, 2.75) is 16.7 Å². The summed E-state index contributed by atoms with van der Waals surface area (Å²) in [6.45, 7) is 3.21. The number of rotatable bonds is 10. The molecule has 1 fully saturated rings. The normalized spacial score (nSPS) is 15.3. The minimum Gasteiger partial charge on any atom is -0.492 e. The van der Waals surface area contributed by atoms with Crippen molar-refractivity contribution >= 4 is 26.0 Å². The summed E-state index contributed by atoms with van der Waals surface area (Å²) in [5.41, 5.74) is 0.938. The molecule has 186 valence electrons. The Kier molecular flexibility index (Phi) is 8.66. The molecule has 1 saturated heterocycles. The molecule has 3 rings (SSSR count). The van der Waals surface area contributed by atoms with Crippen LogP contribution in [0.15, 0.2) is 58.3 Å². The molecule has 1 heterocycles. The summed E-state index contributed by atoms with van der Waals surface area (Å²) in [6, 6.07) is 12.5. The van der Waals surface area contributed by atoms with Crippen LogP contribution in [0.4, 0.5) is 0 Å². The van der Waals surface area contributed by atoms with E-state index in [2.05, 4.69) is 5.32 Å². The first-order chi connectivity index (χ1) is 16.1. The van der Waals surface area contributed by atoms with Gasteiger partial charge in [0.05, 0.1) is 36.1 Å². The average molecular weight is 512 g/mol. The van der Waals surface area contributed by atoms with Gasteiger partial charge < -0.3 is 14.8 Å². The first-order valence-electron chi connectivity index (χ1n) is 10.7. The lowest BCUT2D eigenvalue weighted by Gasteiger charge is -2.26. The predicted octanol–water partition coefficient (Wildman–Crippen LogP) is 0.832. The molecule has 2 aromatic rings.